The molecule has 1 aliphatic heterocycles. The molecule has 0 spiro atoms. The summed E-state index contributed by atoms with van der Waals surface area (Å²) in [6, 6.07) is 0. The van der Waals surface area contributed by atoms with Crippen molar-refractivity contribution in [2.24, 2.45) is 5.92 Å². The van der Waals surface area contributed by atoms with Crippen molar-refractivity contribution in [1.29, 1.82) is 0 Å². The van der Waals surface area contributed by atoms with Crippen LogP contribution in [-0.2, 0) is 4.74 Å². The Morgan fingerprint density at radius 2 is 2.50 bits per heavy atom. The van der Waals surface area contributed by atoms with E-state index in [1.54, 1.807) is 0 Å². The molecule has 1 N–H and O–H groups in total. The predicted molar refractivity (Wildman–Crippen MR) is 56.1 cm³/mol. The molecule has 0 amide bonds. The average Bonchev–Trinajstić information content (AvgIpc) is 2.75. The van der Waals surface area contributed by atoms with Crippen LogP contribution in [0.25, 0.3) is 0 Å². The van der Waals surface area contributed by atoms with Gasteiger partial charge in [0.2, 0.25) is 0 Å². The Morgan fingerprint density at radius 3 is 3.07 bits per heavy atom. The minimum absolute atomic E-state index is 0.177. The smallest absolute Gasteiger partial charge is 0.0628 e. The zero-order valence-corrected chi connectivity index (χ0v) is 8.91. The fraction of sp³-hybridized carbons (Fsp3) is 0.833. The maximum atomic E-state index is 10.0. The van der Waals surface area contributed by atoms with Gasteiger partial charge < -0.3 is 9.84 Å². The molecule has 3 unspecified atom stereocenters. The number of aliphatic hydroxyl groups is 1. The lowest BCUT2D eigenvalue weighted by atomic mass is 9.94. The Labute approximate surface area is 86.0 Å². The first-order chi connectivity index (χ1) is 6.75. The molecule has 0 bridgehead atoms. The maximum absolute atomic E-state index is 10.0. The predicted octanol–water partition coefficient (Wildman–Crippen LogP) is 2.27. The highest BCUT2D eigenvalue weighted by Gasteiger charge is 2.28. The first-order valence-electron chi connectivity index (χ1n) is 5.73. The molecule has 1 aliphatic carbocycles. The minimum atomic E-state index is -0.177. The van der Waals surface area contributed by atoms with Gasteiger partial charge in [-0.15, -0.1) is 0 Å². The van der Waals surface area contributed by atoms with E-state index in [4.69, 9.17) is 4.74 Å². The van der Waals surface area contributed by atoms with E-state index in [1.807, 2.05) is 0 Å². The van der Waals surface area contributed by atoms with Crippen molar-refractivity contribution in [3.05, 3.63) is 11.6 Å². The van der Waals surface area contributed by atoms with Crippen LogP contribution in [0.5, 0.6) is 0 Å². The van der Waals surface area contributed by atoms with Gasteiger partial charge in [0.25, 0.3) is 0 Å². The van der Waals surface area contributed by atoms with Crippen molar-refractivity contribution in [2.45, 2.75) is 51.2 Å². The normalized spacial score (nSPS) is 34.6. The van der Waals surface area contributed by atoms with Crippen molar-refractivity contribution in [2.75, 3.05) is 6.61 Å². The zero-order chi connectivity index (χ0) is 9.97. The lowest BCUT2D eigenvalue weighted by molar-refractivity contribution is 0.0804. The van der Waals surface area contributed by atoms with E-state index in [2.05, 4.69) is 13.0 Å². The molecule has 0 aromatic carbocycles. The van der Waals surface area contributed by atoms with E-state index in [9.17, 15) is 5.11 Å². The van der Waals surface area contributed by atoms with E-state index in [1.165, 1.54) is 24.8 Å². The van der Waals surface area contributed by atoms with Gasteiger partial charge in [-0.25, -0.2) is 0 Å². The lowest BCUT2D eigenvalue weighted by Crippen LogP contribution is -2.21. The van der Waals surface area contributed by atoms with Gasteiger partial charge in [-0.1, -0.05) is 11.6 Å². The van der Waals surface area contributed by atoms with Crippen LogP contribution in [0.15, 0.2) is 11.6 Å². The summed E-state index contributed by atoms with van der Waals surface area (Å²) in [5, 5.41) is 10.0. The van der Waals surface area contributed by atoms with Crippen LogP contribution in [0.2, 0.25) is 0 Å². The molecule has 1 heterocycles. The van der Waals surface area contributed by atoms with Gasteiger partial charge in [-0.05, 0) is 39.0 Å². The van der Waals surface area contributed by atoms with Gasteiger partial charge in [0.15, 0.2) is 0 Å². The lowest BCUT2D eigenvalue weighted by Gasteiger charge is -2.16. The van der Waals surface area contributed by atoms with Crippen LogP contribution in [0.3, 0.4) is 0 Å². The molecule has 2 aliphatic rings. The summed E-state index contributed by atoms with van der Waals surface area (Å²) in [6.45, 7) is 2.83. The molecule has 80 valence electrons. The molecule has 0 saturated carbocycles. The van der Waals surface area contributed by atoms with Crippen LogP contribution in [0, 0.1) is 5.92 Å². The highest BCUT2D eigenvalue weighted by molar-refractivity contribution is 5.09. The third-order valence-electron chi connectivity index (χ3n) is 3.38. The summed E-state index contributed by atoms with van der Waals surface area (Å²) in [5.74, 6) is 0.367. The molecule has 2 heteroatoms. The molecule has 1 fully saturated rings. The van der Waals surface area contributed by atoms with Crippen LogP contribution in [-0.4, -0.2) is 23.9 Å². The number of rotatable bonds is 3. The Bertz CT molecular complexity index is 222. The Balaban J connectivity index is 1.80. The van der Waals surface area contributed by atoms with Gasteiger partial charge in [0.1, 0.15) is 0 Å². The van der Waals surface area contributed by atoms with Crippen LogP contribution in [0.1, 0.15) is 39.0 Å². The summed E-state index contributed by atoms with van der Waals surface area (Å²) >= 11 is 0. The summed E-state index contributed by atoms with van der Waals surface area (Å²) in [7, 11) is 0. The van der Waals surface area contributed by atoms with E-state index in [0.717, 1.165) is 19.4 Å². The molecular formula is C12H20O2. The molecule has 1 saturated heterocycles. The molecular weight excluding hydrogens is 176 g/mol. The molecule has 3 atom stereocenters. The van der Waals surface area contributed by atoms with E-state index in [0.29, 0.717) is 12.0 Å². The molecule has 14 heavy (non-hydrogen) atoms. The molecule has 0 radical (unpaired) electrons. The molecule has 0 aromatic rings. The zero-order valence-electron chi connectivity index (χ0n) is 8.91. The van der Waals surface area contributed by atoms with Crippen molar-refractivity contribution in [3.8, 4) is 0 Å². The average molecular weight is 196 g/mol. The summed E-state index contributed by atoms with van der Waals surface area (Å²) < 4.78 is 5.47. The molecule has 2 nitrogen and oxygen atoms in total. The van der Waals surface area contributed by atoms with Crippen LogP contribution < -0.4 is 0 Å². The Kier molecular flexibility index (Phi) is 3.24. The molecule has 0 aromatic heterocycles. The summed E-state index contributed by atoms with van der Waals surface area (Å²) in [4.78, 5) is 0. The number of aliphatic hydroxyl groups excluding tert-OH is 1. The summed E-state index contributed by atoms with van der Waals surface area (Å²) in [5.41, 5.74) is 1.46. The van der Waals surface area contributed by atoms with Crippen molar-refractivity contribution in [3.63, 3.8) is 0 Å². The number of hydrogen-bond donors (Lipinski definition) is 1. The van der Waals surface area contributed by atoms with Gasteiger partial charge in [0.05, 0.1) is 18.8 Å². The van der Waals surface area contributed by atoms with E-state index in [-0.39, 0.29) is 6.10 Å². The monoisotopic (exact) mass is 196 g/mol. The SMILES string of the molecule is CC1CC(C(O)CC2=CCCC2)CO1. The van der Waals surface area contributed by atoms with Crippen LogP contribution in [0.4, 0.5) is 0 Å². The minimum Gasteiger partial charge on any atom is -0.392 e. The fourth-order valence-electron chi connectivity index (χ4n) is 2.48. The Morgan fingerprint density at radius 1 is 1.64 bits per heavy atom. The van der Waals surface area contributed by atoms with Crippen molar-refractivity contribution in [1.82, 2.24) is 0 Å². The summed E-state index contributed by atoms with van der Waals surface area (Å²) in [6.07, 6.45) is 8.04. The topological polar surface area (TPSA) is 29.5 Å². The highest BCUT2D eigenvalue weighted by Crippen LogP contribution is 2.29. The first kappa shape index (κ1) is 10.2. The number of hydrogen-bond acceptors (Lipinski definition) is 2. The largest absolute Gasteiger partial charge is 0.392 e. The maximum Gasteiger partial charge on any atom is 0.0628 e. The third-order valence-corrected chi connectivity index (χ3v) is 3.38. The second-order valence-electron chi connectivity index (χ2n) is 4.67. The quantitative estimate of drug-likeness (QED) is 0.702. The molecule has 2 rings (SSSR count). The van der Waals surface area contributed by atoms with Gasteiger partial charge in [0, 0.05) is 5.92 Å². The van der Waals surface area contributed by atoms with Crippen molar-refractivity contribution >= 4 is 0 Å². The Hall–Kier alpha value is -0.340. The van der Waals surface area contributed by atoms with E-state index >= 15 is 0 Å². The highest BCUT2D eigenvalue weighted by atomic mass is 16.5. The second-order valence-corrected chi connectivity index (χ2v) is 4.67. The number of allylic oxidation sites excluding steroid dienone is 1. The van der Waals surface area contributed by atoms with Gasteiger partial charge >= 0.3 is 0 Å². The third kappa shape index (κ3) is 2.37. The standard InChI is InChI=1S/C12H20O2/c1-9-6-11(8-14-9)12(13)7-10-4-2-3-5-10/h4,9,11-13H,2-3,5-8H2,1H3. The van der Waals surface area contributed by atoms with Gasteiger partial charge in [-0.3, -0.25) is 0 Å². The second kappa shape index (κ2) is 4.45. The van der Waals surface area contributed by atoms with Crippen LogP contribution >= 0.6 is 0 Å². The van der Waals surface area contributed by atoms with Gasteiger partial charge in [-0.2, -0.15) is 0 Å². The first-order valence-corrected chi connectivity index (χ1v) is 5.73. The fourth-order valence-corrected chi connectivity index (χ4v) is 2.48. The van der Waals surface area contributed by atoms with Crippen molar-refractivity contribution < 1.29 is 9.84 Å². The number of ether oxygens (including phenoxy) is 1. The van der Waals surface area contributed by atoms with E-state index < -0.39 is 0 Å².